The van der Waals surface area contributed by atoms with Crippen molar-refractivity contribution < 1.29 is 4.79 Å². The first-order chi connectivity index (χ1) is 8.66. The summed E-state index contributed by atoms with van der Waals surface area (Å²) in [6.07, 6.45) is 3.39. The van der Waals surface area contributed by atoms with E-state index in [0.29, 0.717) is 4.88 Å². The number of aryl methyl sites for hydroxylation is 1. The molecule has 0 aliphatic heterocycles. The van der Waals surface area contributed by atoms with E-state index in [4.69, 9.17) is 5.73 Å². The van der Waals surface area contributed by atoms with Crippen LogP contribution in [0.4, 0.5) is 0 Å². The molecule has 3 heterocycles. The van der Waals surface area contributed by atoms with Crippen LogP contribution in [0.1, 0.15) is 14.5 Å². The molecular formula is C12H10N4OS. The number of primary amides is 1. The van der Waals surface area contributed by atoms with E-state index in [1.165, 1.54) is 11.3 Å². The molecule has 1 amide bonds. The van der Waals surface area contributed by atoms with Gasteiger partial charge in [0.15, 0.2) is 5.65 Å². The van der Waals surface area contributed by atoms with Crippen LogP contribution in [-0.2, 0) is 0 Å². The second-order valence-corrected chi connectivity index (χ2v) is 5.16. The maximum atomic E-state index is 11.4. The van der Waals surface area contributed by atoms with Gasteiger partial charge < -0.3 is 5.73 Å². The Morgan fingerprint density at radius 1 is 1.50 bits per heavy atom. The summed E-state index contributed by atoms with van der Waals surface area (Å²) in [7, 11) is 0. The van der Waals surface area contributed by atoms with Gasteiger partial charge in [0.2, 0.25) is 0 Å². The van der Waals surface area contributed by atoms with E-state index < -0.39 is 5.91 Å². The summed E-state index contributed by atoms with van der Waals surface area (Å²) >= 11 is 1.39. The van der Waals surface area contributed by atoms with Crippen LogP contribution in [0, 0.1) is 6.92 Å². The molecule has 0 aliphatic rings. The molecule has 3 aromatic rings. The van der Waals surface area contributed by atoms with Gasteiger partial charge >= 0.3 is 0 Å². The number of carbonyl (C=O) groups is 1. The third kappa shape index (κ3) is 1.58. The molecule has 0 saturated heterocycles. The lowest BCUT2D eigenvalue weighted by atomic mass is 10.2. The molecule has 0 aromatic carbocycles. The van der Waals surface area contributed by atoms with Crippen molar-refractivity contribution >= 4 is 22.9 Å². The van der Waals surface area contributed by atoms with Crippen molar-refractivity contribution in [1.29, 1.82) is 0 Å². The molecule has 0 aliphatic carbocycles. The van der Waals surface area contributed by atoms with Crippen molar-refractivity contribution in [2.75, 3.05) is 0 Å². The van der Waals surface area contributed by atoms with Crippen LogP contribution < -0.4 is 5.73 Å². The Labute approximate surface area is 107 Å². The normalized spacial score (nSPS) is 10.9. The molecule has 0 atom stereocenters. The number of rotatable bonds is 2. The smallest absolute Gasteiger partial charge is 0.259 e. The second kappa shape index (κ2) is 3.92. The highest BCUT2D eigenvalue weighted by molar-refractivity contribution is 7.14. The molecule has 3 aromatic heterocycles. The van der Waals surface area contributed by atoms with E-state index in [-0.39, 0.29) is 0 Å². The summed E-state index contributed by atoms with van der Waals surface area (Å²) in [5, 5.41) is 4.23. The zero-order valence-electron chi connectivity index (χ0n) is 9.62. The van der Waals surface area contributed by atoms with Gasteiger partial charge in [0.25, 0.3) is 5.91 Å². The lowest BCUT2D eigenvalue weighted by Gasteiger charge is -1.99. The first-order valence-electron chi connectivity index (χ1n) is 5.36. The Morgan fingerprint density at radius 3 is 3.11 bits per heavy atom. The summed E-state index contributed by atoms with van der Waals surface area (Å²) in [5.41, 5.74) is 7.71. The number of nitrogens with two attached hydrogens (primary N) is 1. The summed E-state index contributed by atoms with van der Waals surface area (Å²) in [4.78, 5) is 17.3. The van der Waals surface area contributed by atoms with Gasteiger partial charge in [-0.3, -0.25) is 4.79 Å². The van der Waals surface area contributed by atoms with Gasteiger partial charge in [-0.15, -0.1) is 11.3 Å². The van der Waals surface area contributed by atoms with Crippen LogP contribution >= 0.6 is 11.3 Å². The van der Waals surface area contributed by atoms with Gasteiger partial charge in [0.1, 0.15) is 4.88 Å². The van der Waals surface area contributed by atoms with Crippen molar-refractivity contribution in [1.82, 2.24) is 14.6 Å². The Hall–Kier alpha value is -2.21. The summed E-state index contributed by atoms with van der Waals surface area (Å²) < 4.78 is 1.70. The molecule has 0 bridgehead atoms. The highest BCUT2D eigenvalue weighted by Gasteiger charge is 2.17. The maximum Gasteiger partial charge on any atom is 0.259 e. The van der Waals surface area contributed by atoms with E-state index in [0.717, 1.165) is 21.8 Å². The highest BCUT2D eigenvalue weighted by atomic mass is 32.1. The topological polar surface area (TPSA) is 73.3 Å². The summed E-state index contributed by atoms with van der Waals surface area (Å²) in [5.74, 6) is -0.422. The van der Waals surface area contributed by atoms with Gasteiger partial charge in [0.05, 0.1) is 11.9 Å². The predicted octanol–water partition coefficient (Wildman–Crippen LogP) is 1.87. The van der Waals surface area contributed by atoms with Crippen LogP contribution in [0.15, 0.2) is 30.6 Å². The SMILES string of the molecule is Cc1cc(-c2cnc3cccnn23)c(C(N)=O)s1. The first-order valence-corrected chi connectivity index (χ1v) is 6.18. The number of nitrogens with zero attached hydrogens (tertiary/aromatic N) is 3. The lowest BCUT2D eigenvalue weighted by molar-refractivity contribution is 0.100. The minimum Gasteiger partial charge on any atom is -0.365 e. The molecule has 0 fully saturated rings. The van der Waals surface area contributed by atoms with Crippen LogP contribution in [0.3, 0.4) is 0 Å². The van der Waals surface area contributed by atoms with Crippen LogP contribution in [0.2, 0.25) is 0 Å². The Morgan fingerprint density at radius 2 is 2.33 bits per heavy atom. The van der Waals surface area contributed by atoms with Gasteiger partial charge in [-0.05, 0) is 25.1 Å². The van der Waals surface area contributed by atoms with E-state index in [1.54, 1.807) is 16.9 Å². The van der Waals surface area contributed by atoms with Crippen molar-refractivity contribution in [3.8, 4) is 11.3 Å². The van der Waals surface area contributed by atoms with E-state index in [9.17, 15) is 4.79 Å². The fraction of sp³-hybridized carbons (Fsp3) is 0.0833. The monoisotopic (exact) mass is 258 g/mol. The number of aromatic nitrogens is 3. The zero-order chi connectivity index (χ0) is 12.7. The number of hydrogen-bond acceptors (Lipinski definition) is 4. The third-order valence-electron chi connectivity index (χ3n) is 2.63. The summed E-state index contributed by atoms with van der Waals surface area (Å²) in [6.45, 7) is 1.94. The zero-order valence-corrected chi connectivity index (χ0v) is 10.4. The van der Waals surface area contributed by atoms with Gasteiger partial charge in [0, 0.05) is 16.6 Å². The molecule has 6 heteroatoms. The molecule has 3 rings (SSSR count). The number of imidazole rings is 1. The largest absolute Gasteiger partial charge is 0.365 e. The van der Waals surface area contributed by atoms with Crippen LogP contribution in [0.25, 0.3) is 16.9 Å². The van der Waals surface area contributed by atoms with Gasteiger partial charge in [-0.2, -0.15) is 5.10 Å². The van der Waals surface area contributed by atoms with E-state index in [2.05, 4.69) is 10.1 Å². The number of fused-ring (bicyclic) bond motifs is 1. The number of carbonyl (C=O) groups excluding carboxylic acids is 1. The Balaban J connectivity index is 2.29. The molecule has 18 heavy (non-hydrogen) atoms. The predicted molar refractivity (Wildman–Crippen MR) is 69.6 cm³/mol. The molecule has 0 unspecified atom stereocenters. The first kappa shape index (κ1) is 10.9. The molecule has 2 N–H and O–H groups in total. The molecule has 90 valence electrons. The fourth-order valence-electron chi connectivity index (χ4n) is 1.90. The highest BCUT2D eigenvalue weighted by Crippen LogP contribution is 2.30. The molecular weight excluding hydrogens is 248 g/mol. The molecule has 5 nitrogen and oxygen atoms in total. The number of hydrogen-bond donors (Lipinski definition) is 1. The Bertz CT molecular complexity index is 743. The van der Waals surface area contributed by atoms with Crippen molar-refractivity contribution in [2.24, 2.45) is 5.73 Å². The van der Waals surface area contributed by atoms with Crippen LogP contribution in [0.5, 0.6) is 0 Å². The van der Waals surface area contributed by atoms with Crippen molar-refractivity contribution in [2.45, 2.75) is 6.92 Å². The minimum absolute atomic E-state index is 0.422. The van der Waals surface area contributed by atoms with E-state index >= 15 is 0 Å². The standard InChI is InChI=1S/C12H10N4OS/c1-7-5-8(11(18-7)12(13)17)9-6-14-10-3-2-4-15-16(9)10/h2-6H,1H3,(H2,13,17). The van der Waals surface area contributed by atoms with Gasteiger partial charge in [-0.1, -0.05) is 0 Å². The number of thiophene rings is 1. The maximum absolute atomic E-state index is 11.4. The molecule has 0 radical (unpaired) electrons. The van der Waals surface area contributed by atoms with Gasteiger partial charge in [-0.25, -0.2) is 9.50 Å². The second-order valence-electron chi connectivity index (χ2n) is 3.90. The third-order valence-corrected chi connectivity index (χ3v) is 3.70. The minimum atomic E-state index is -0.422. The van der Waals surface area contributed by atoms with Crippen molar-refractivity contribution in [3.05, 3.63) is 40.3 Å². The van der Waals surface area contributed by atoms with Crippen molar-refractivity contribution in [3.63, 3.8) is 0 Å². The average Bonchev–Trinajstić information content (AvgIpc) is 2.92. The Kier molecular flexibility index (Phi) is 2.38. The number of amides is 1. The molecule has 0 spiro atoms. The fourth-order valence-corrected chi connectivity index (χ4v) is 2.77. The average molecular weight is 258 g/mol. The van der Waals surface area contributed by atoms with E-state index in [1.807, 2.05) is 25.1 Å². The summed E-state index contributed by atoms with van der Waals surface area (Å²) in [6, 6.07) is 5.61. The van der Waals surface area contributed by atoms with Crippen LogP contribution in [-0.4, -0.2) is 20.5 Å². The lowest BCUT2D eigenvalue weighted by Crippen LogP contribution is -2.10. The quantitative estimate of drug-likeness (QED) is 0.762. The molecule has 0 saturated carbocycles.